The van der Waals surface area contributed by atoms with Crippen molar-refractivity contribution in [2.75, 3.05) is 13.6 Å². The molecule has 17 heavy (non-hydrogen) atoms. The molecule has 0 saturated carbocycles. The van der Waals surface area contributed by atoms with Crippen LogP contribution in [0.1, 0.15) is 32.8 Å². The molecule has 1 aromatic rings. The molecule has 1 rings (SSSR count). The summed E-state index contributed by atoms with van der Waals surface area (Å²) in [6, 6.07) is 6.61. The van der Waals surface area contributed by atoms with Crippen molar-refractivity contribution in [1.29, 1.82) is 0 Å². The fourth-order valence-electron chi connectivity index (χ4n) is 1.67. The van der Waals surface area contributed by atoms with Crippen LogP contribution in [0, 0.1) is 0 Å². The third kappa shape index (κ3) is 4.10. The second-order valence-electron chi connectivity index (χ2n) is 4.18. The van der Waals surface area contributed by atoms with Crippen LogP contribution in [0.4, 0.5) is 0 Å². The van der Waals surface area contributed by atoms with Crippen molar-refractivity contribution < 1.29 is 0 Å². The lowest BCUT2D eigenvalue weighted by molar-refractivity contribution is 0.487. The number of hydrogen-bond acceptors (Lipinski definition) is 1. The summed E-state index contributed by atoms with van der Waals surface area (Å²) in [5.41, 5.74) is 1.26. The average Bonchev–Trinajstić information content (AvgIpc) is 2.37. The SMILES string of the molecule is C/C=c1/cc(/C=C/N(C)CC)cc/c1=C/CC. The summed E-state index contributed by atoms with van der Waals surface area (Å²) in [5, 5.41) is 2.64. The molecule has 0 amide bonds. The van der Waals surface area contributed by atoms with E-state index in [9.17, 15) is 0 Å². The van der Waals surface area contributed by atoms with Gasteiger partial charge in [0.15, 0.2) is 0 Å². The minimum atomic E-state index is 1.03. The Hall–Kier alpha value is -1.50. The van der Waals surface area contributed by atoms with Gasteiger partial charge in [-0.15, -0.1) is 0 Å². The van der Waals surface area contributed by atoms with E-state index in [0.29, 0.717) is 0 Å². The van der Waals surface area contributed by atoms with Gasteiger partial charge in [0.1, 0.15) is 0 Å². The van der Waals surface area contributed by atoms with Crippen molar-refractivity contribution in [3.63, 3.8) is 0 Å². The van der Waals surface area contributed by atoms with E-state index in [1.807, 2.05) is 0 Å². The molecule has 0 aliphatic rings. The molecular weight excluding hydrogens is 206 g/mol. The van der Waals surface area contributed by atoms with E-state index in [2.05, 4.69) is 75.3 Å². The van der Waals surface area contributed by atoms with Crippen LogP contribution >= 0.6 is 0 Å². The van der Waals surface area contributed by atoms with E-state index in [-0.39, 0.29) is 0 Å². The highest BCUT2D eigenvalue weighted by atomic mass is 15.1. The fourth-order valence-corrected chi connectivity index (χ4v) is 1.67. The predicted molar refractivity (Wildman–Crippen MR) is 77.9 cm³/mol. The minimum Gasteiger partial charge on any atom is -0.381 e. The van der Waals surface area contributed by atoms with Crippen molar-refractivity contribution in [2.45, 2.75) is 27.2 Å². The molecule has 0 unspecified atom stereocenters. The summed E-state index contributed by atoms with van der Waals surface area (Å²) >= 11 is 0. The summed E-state index contributed by atoms with van der Waals surface area (Å²) < 4.78 is 0. The molecule has 0 bridgehead atoms. The molecule has 0 radical (unpaired) electrons. The minimum absolute atomic E-state index is 1.03. The standard InChI is InChI=1S/C16H23N/c1-5-8-16-10-9-14(13-15(16)6-2)11-12-17(4)7-3/h6,8-13H,5,7H2,1-4H3/b12-11+,15-6-,16-8-. The molecule has 0 heterocycles. The smallest absolute Gasteiger partial charge is 0.0140 e. The molecule has 0 aromatic heterocycles. The number of nitrogens with zero attached hydrogens (tertiary/aromatic N) is 1. The highest BCUT2D eigenvalue weighted by Crippen LogP contribution is 1.97. The average molecular weight is 229 g/mol. The molecular formula is C16H23N. The number of rotatable bonds is 4. The first-order valence-electron chi connectivity index (χ1n) is 6.36. The second kappa shape index (κ2) is 6.95. The third-order valence-corrected chi connectivity index (χ3v) is 2.87. The summed E-state index contributed by atoms with van der Waals surface area (Å²) in [4.78, 5) is 2.17. The van der Waals surface area contributed by atoms with Gasteiger partial charge in [0.25, 0.3) is 0 Å². The van der Waals surface area contributed by atoms with Crippen LogP contribution < -0.4 is 10.4 Å². The van der Waals surface area contributed by atoms with Gasteiger partial charge in [-0.3, -0.25) is 0 Å². The Morgan fingerprint density at radius 1 is 1.18 bits per heavy atom. The molecule has 0 aliphatic heterocycles. The Kier molecular flexibility index (Phi) is 5.55. The lowest BCUT2D eigenvalue weighted by Gasteiger charge is -2.08. The molecule has 0 N–H and O–H groups in total. The van der Waals surface area contributed by atoms with E-state index < -0.39 is 0 Å². The predicted octanol–water partition coefficient (Wildman–Crippen LogP) is 2.60. The Balaban J connectivity index is 3.07. The maximum Gasteiger partial charge on any atom is 0.0140 e. The van der Waals surface area contributed by atoms with E-state index in [0.717, 1.165) is 13.0 Å². The van der Waals surface area contributed by atoms with Gasteiger partial charge in [0.05, 0.1) is 0 Å². The fraction of sp³-hybridized carbons (Fsp3) is 0.375. The van der Waals surface area contributed by atoms with Gasteiger partial charge in [0, 0.05) is 13.6 Å². The quantitative estimate of drug-likeness (QED) is 0.767. The summed E-state index contributed by atoms with van der Waals surface area (Å²) in [7, 11) is 2.09. The molecule has 92 valence electrons. The van der Waals surface area contributed by atoms with Gasteiger partial charge in [-0.05, 0) is 54.6 Å². The highest BCUT2D eigenvalue weighted by molar-refractivity contribution is 5.50. The highest BCUT2D eigenvalue weighted by Gasteiger charge is 1.90. The zero-order chi connectivity index (χ0) is 12.7. The van der Waals surface area contributed by atoms with E-state index in [4.69, 9.17) is 0 Å². The zero-order valence-electron chi connectivity index (χ0n) is 11.4. The largest absolute Gasteiger partial charge is 0.381 e. The van der Waals surface area contributed by atoms with E-state index in [1.54, 1.807) is 0 Å². The normalized spacial score (nSPS) is 13.6. The van der Waals surface area contributed by atoms with E-state index >= 15 is 0 Å². The van der Waals surface area contributed by atoms with Crippen LogP contribution in [-0.2, 0) is 0 Å². The summed E-state index contributed by atoms with van der Waals surface area (Å²) in [5.74, 6) is 0. The first-order chi connectivity index (χ1) is 8.21. The van der Waals surface area contributed by atoms with Crippen molar-refractivity contribution in [3.8, 4) is 0 Å². The van der Waals surface area contributed by atoms with Crippen LogP contribution in [0.3, 0.4) is 0 Å². The van der Waals surface area contributed by atoms with Gasteiger partial charge in [0.2, 0.25) is 0 Å². The molecule has 0 saturated heterocycles. The Bertz CT molecular complexity index is 483. The molecule has 1 heteroatoms. The van der Waals surface area contributed by atoms with Crippen molar-refractivity contribution in [2.24, 2.45) is 0 Å². The van der Waals surface area contributed by atoms with Crippen molar-refractivity contribution >= 4 is 18.2 Å². The molecule has 0 spiro atoms. The van der Waals surface area contributed by atoms with Crippen molar-refractivity contribution in [1.82, 2.24) is 4.90 Å². The molecule has 1 aromatic carbocycles. The second-order valence-corrected chi connectivity index (χ2v) is 4.18. The lowest BCUT2D eigenvalue weighted by atomic mass is 10.1. The first-order valence-corrected chi connectivity index (χ1v) is 6.36. The zero-order valence-corrected chi connectivity index (χ0v) is 11.4. The maximum atomic E-state index is 2.26. The van der Waals surface area contributed by atoms with Crippen LogP contribution in [-0.4, -0.2) is 18.5 Å². The number of benzene rings is 1. The lowest BCUT2D eigenvalue weighted by Crippen LogP contribution is -2.23. The van der Waals surface area contributed by atoms with Gasteiger partial charge in [-0.1, -0.05) is 31.2 Å². The van der Waals surface area contributed by atoms with Crippen LogP contribution in [0.2, 0.25) is 0 Å². The topological polar surface area (TPSA) is 3.24 Å². The van der Waals surface area contributed by atoms with Crippen LogP contribution in [0.5, 0.6) is 0 Å². The third-order valence-electron chi connectivity index (χ3n) is 2.87. The molecule has 1 nitrogen and oxygen atoms in total. The monoisotopic (exact) mass is 229 g/mol. The molecule has 0 aliphatic carbocycles. The Labute approximate surface area is 105 Å². The summed E-state index contributed by atoms with van der Waals surface area (Å²) in [6.45, 7) is 7.44. The van der Waals surface area contributed by atoms with Crippen LogP contribution in [0.25, 0.3) is 18.2 Å². The van der Waals surface area contributed by atoms with E-state index in [1.165, 1.54) is 16.0 Å². The summed E-state index contributed by atoms with van der Waals surface area (Å²) in [6.07, 6.45) is 9.79. The number of hydrogen-bond donors (Lipinski definition) is 0. The Morgan fingerprint density at radius 2 is 1.94 bits per heavy atom. The van der Waals surface area contributed by atoms with Gasteiger partial charge in [-0.2, -0.15) is 0 Å². The van der Waals surface area contributed by atoms with Gasteiger partial charge in [-0.25, -0.2) is 0 Å². The van der Waals surface area contributed by atoms with Gasteiger partial charge >= 0.3 is 0 Å². The van der Waals surface area contributed by atoms with Crippen LogP contribution in [0.15, 0.2) is 24.4 Å². The van der Waals surface area contributed by atoms with Crippen molar-refractivity contribution in [3.05, 3.63) is 40.4 Å². The van der Waals surface area contributed by atoms with Gasteiger partial charge < -0.3 is 4.90 Å². The molecule has 0 atom stereocenters. The maximum absolute atomic E-state index is 2.26. The molecule has 0 fully saturated rings. The first kappa shape index (κ1) is 13.6. The Morgan fingerprint density at radius 3 is 2.53 bits per heavy atom.